The molecule has 0 bridgehead atoms. The van der Waals surface area contributed by atoms with Crippen LogP contribution in [0.25, 0.3) is 11.4 Å². The van der Waals surface area contributed by atoms with Crippen LogP contribution in [0.3, 0.4) is 0 Å². The lowest BCUT2D eigenvalue weighted by Crippen LogP contribution is -2.04. The van der Waals surface area contributed by atoms with Gasteiger partial charge in [0.1, 0.15) is 11.3 Å². The van der Waals surface area contributed by atoms with Crippen LogP contribution < -0.4 is 4.74 Å². The zero-order chi connectivity index (χ0) is 13.1. The molecule has 2 N–H and O–H groups in total. The third-order valence-electron chi connectivity index (χ3n) is 2.32. The minimum atomic E-state index is -1.17. The second kappa shape index (κ2) is 4.70. The Bertz CT molecular complexity index is 598. The lowest BCUT2D eigenvalue weighted by atomic mass is 10.2. The lowest BCUT2D eigenvalue weighted by molar-refractivity contribution is 0.0692. The van der Waals surface area contributed by atoms with E-state index in [-0.39, 0.29) is 23.0 Å². The van der Waals surface area contributed by atoms with Crippen molar-refractivity contribution >= 4 is 5.97 Å². The quantitative estimate of drug-likeness (QED) is 0.853. The van der Waals surface area contributed by atoms with E-state index in [2.05, 4.69) is 9.97 Å². The number of rotatable bonds is 3. The number of hydrogen-bond donors (Lipinski definition) is 2. The van der Waals surface area contributed by atoms with Gasteiger partial charge in [0.25, 0.3) is 0 Å². The van der Waals surface area contributed by atoms with E-state index < -0.39 is 5.97 Å². The fourth-order valence-corrected chi connectivity index (χ4v) is 1.46. The fourth-order valence-electron chi connectivity index (χ4n) is 1.46. The topological polar surface area (TPSA) is 92.5 Å². The van der Waals surface area contributed by atoms with Crippen molar-refractivity contribution in [1.82, 2.24) is 9.97 Å². The summed E-state index contributed by atoms with van der Waals surface area (Å²) >= 11 is 0. The number of aromatic nitrogens is 2. The summed E-state index contributed by atoms with van der Waals surface area (Å²) in [7, 11) is 1.32. The Hall–Kier alpha value is -2.63. The van der Waals surface area contributed by atoms with E-state index in [1.807, 2.05) is 0 Å². The van der Waals surface area contributed by atoms with Crippen LogP contribution >= 0.6 is 0 Å². The number of hydrogen-bond acceptors (Lipinski definition) is 5. The van der Waals surface area contributed by atoms with Crippen LogP contribution in [0.15, 0.2) is 30.5 Å². The molecule has 0 saturated carbocycles. The molecule has 6 heteroatoms. The van der Waals surface area contributed by atoms with E-state index in [1.165, 1.54) is 13.2 Å². The van der Waals surface area contributed by atoms with Gasteiger partial charge in [-0.2, -0.15) is 4.98 Å². The number of phenolic OH excluding ortho intramolecular Hbond substituents is 1. The van der Waals surface area contributed by atoms with Gasteiger partial charge >= 0.3 is 5.97 Å². The predicted molar refractivity (Wildman–Crippen MR) is 62.6 cm³/mol. The largest absolute Gasteiger partial charge is 0.507 e. The van der Waals surface area contributed by atoms with E-state index in [0.717, 1.165) is 6.20 Å². The van der Waals surface area contributed by atoms with Crippen molar-refractivity contribution in [3.8, 4) is 23.0 Å². The number of ether oxygens (including phenoxy) is 1. The maximum Gasteiger partial charge on any atom is 0.342 e. The van der Waals surface area contributed by atoms with Gasteiger partial charge in [-0.05, 0) is 12.1 Å². The minimum Gasteiger partial charge on any atom is -0.507 e. The summed E-state index contributed by atoms with van der Waals surface area (Å²) in [5.74, 6) is -0.996. The Kier molecular flexibility index (Phi) is 3.09. The minimum absolute atomic E-state index is 0.0163. The van der Waals surface area contributed by atoms with E-state index >= 15 is 0 Å². The van der Waals surface area contributed by atoms with Gasteiger partial charge in [0, 0.05) is 6.20 Å². The average Bonchev–Trinajstić information content (AvgIpc) is 2.38. The molecule has 92 valence electrons. The first-order valence-corrected chi connectivity index (χ1v) is 5.06. The zero-order valence-electron chi connectivity index (χ0n) is 9.49. The smallest absolute Gasteiger partial charge is 0.342 e. The molecule has 1 aromatic carbocycles. The number of phenols is 1. The van der Waals surface area contributed by atoms with Crippen LogP contribution in [0.4, 0.5) is 0 Å². The third kappa shape index (κ3) is 2.08. The van der Waals surface area contributed by atoms with Gasteiger partial charge < -0.3 is 14.9 Å². The molecule has 0 amide bonds. The summed E-state index contributed by atoms with van der Waals surface area (Å²) in [5, 5.41) is 18.6. The standard InChI is InChI=1S/C12H10N2O4/c1-18-11-8(12(16)17)6-13-10(14-11)7-4-2-3-5-9(7)15/h2-6,15H,1H3,(H,16,17). The monoisotopic (exact) mass is 246 g/mol. The van der Waals surface area contributed by atoms with Crippen LogP contribution in [-0.4, -0.2) is 33.3 Å². The van der Waals surface area contributed by atoms with Crippen molar-refractivity contribution in [1.29, 1.82) is 0 Å². The van der Waals surface area contributed by atoms with Gasteiger partial charge in [-0.1, -0.05) is 12.1 Å². The van der Waals surface area contributed by atoms with Gasteiger partial charge in [-0.3, -0.25) is 0 Å². The number of para-hydroxylation sites is 1. The molecule has 0 aliphatic carbocycles. The van der Waals surface area contributed by atoms with Crippen LogP contribution in [0.5, 0.6) is 11.6 Å². The Labute approximate surface area is 103 Å². The summed E-state index contributed by atoms with van der Waals surface area (Å²) in [5.41, 5.74) is 0.282. The number of methoxy groups -OCH3 is 1. The highest BCUT2D eigenvalue weighted by molar-refractivity contribution is 5.90. The molecule has 0 radical (unpaired) electrons. The number of carboxylic acid groups (broad SMARTS) is 1. The second-order valence-corrected chi connectivity index (χ2v) is 3.44. The number of nitrogens with zero attached hydrogens (tertiary/aromatic N) is 2. The second-order valence-electron chi connectivity index (χ2n) is 3.44. The lowest BCUT2D eigenvalue weighted by Gasteiger charge is -2.06. The van der Waals surface area contributed by atoms with Gasteiger partial charge in [0.15, 0.2) is 5.82 Å². The summed E-state index contributed by atoms with van der Waals surface area (Å²) in [6.45, 7) is 0. The molecule has 0 spiro atoms. The summed E-state index contributed by atoms with van der Waals surface area (Å²) in [6, 6.07) is 6.51. The third-order valence-corrected chi connectivity index (χ3v) is 2.32. The van der Waals surface area contributed by atoms with Crippen LogP contribution in [0.2, 0.25) is 0 Å². The van der Waals surface area contributed by atoms with E-state index in [9.17, 15) is 9.90 Å². The SMILES string of the molecule is COc1nc(-c2ccccc2O)ncc1C(=O)O. The number of aromatic carboxylic acids is 1. The van der Waals surface area contributed by atoms with Crippen molar-refractivity contribution in [3.05, 3.63) is 36.0 Å². The maximum absolute atomic E-state index is 10.9. The van der Waals surface area contributed by atoms with Gasteiger partial charge in [0.05, 0.1) is 12.7 Å². The molecule has 0 unspecified atom stereocenters. The Morgan fingerprint density at radius 1 is 1.33 bits per heavy atom. The Morgan fingerprint density at radius 2 is 2.06 bits per heavy atom. The molecule has 2 rings (SSSR count). The molecule has 18 heavy (non-hydrogen) atoms. The highest BCUT2D eigenvalue weighted by atomic mass is 16.5. The van der Waals surface area contributed by atoms with Gasteiger partial charge in [0.2, 0.25) is 5.88 Å². The van der Waals surface area contributed by atoms with Crippen molar-refractivity contribution in [3.63, 3.8) is 0 Å². The van der Waals surface area contributed by atoms with Crippen LogP contribution in [0.1, 0.15) is 10.4 Å². The Balaban J connectivity index is 2.55. The first-order chi connectivity index (χ1) is 8.63. The van der Waals surface area contributed by atoms with Gasteiger partial charge in [-0.15, -0.1) is 0 Å². The maximum atomic E-state index is 10.9. The van der Waals surface area contributed by atoms with E-state index in [0.29, 0.717) is 5.56 Å². The molecule has 1 heterocycles. The van der Waals surface area contributed by atoms with Crippen molar-refractivity contribution in [2.45, 2.75) is 0 Å². The number of benzene rings is 1. The molecular formula is C12H10N2O4. The van der Waals surface area contributed by atoms with Crippen molar-refractivity contribution < 1.29 is 19.7 Å². The van der Waals surface area contributed by atoms with Crippen LogP contribution in [-0.2, 0) is 0 Å². The molecule has 6 nitrogen and oxygen atoms in total. The highest BCUT2D eigenvalue weighted by Crippen LogP contribution is 2.27. The van der Waals surface area contributed by atoms with E-state index in [4.69, 9.17) is 9.84 Å². The number of carbonyl (C=O) groups is 1. The molecule has 0 aliphatic rings. The normalized spacial score (nSPS) is 10.1. The fraction of sp³-hybridized carbons (Fsp3) is 0.0833. The first kappa shape index (κ1) is 11.8. The first-order valence-electron chi connectivity index (χ1n) is 5.06. The average molecular weight is 246 g/mol. The zero-order valence-corrected chi connectivity index (χ0v) is 9.49. The van der Waals surface area contributed by atoms with E-state index in [1.54, 1.807) is 18.2 Å². The van der Waals surface area contributed by atoms with Crippen molar-refractivity contribution in [2.75, 3.05) is 7.11 Å². The number of carboxylic acids is 1. The highest BCUT2D eigenvalue weighted by Gasteiger charge is 2.16. The molecule has 0 fully saturated rings. The van der Waals surface area contributed by atoms with Crippen molar-refractivity contribution in [2.24, 2.45) is 0 Å². The number of aromatic hydroxyl groups is 1. The van der Waals surface area contributed by atoms with Gasteiger partial charge in [-0.25, -0.2) is 9.78 Å². The summed E-state index contributed by atoms with van der Waals surface area (Å²) in [4.78, 5) is 18.8. The summed E-state index contributed by atoms with van der Waals surface area (Å²) < 4.78 is 4.90. The Morgan fingerprint density at radius 3 is 2.67 bits per heavy atom. The molecular weight excluding hydrogens is 236 g/mol. The summed E-state index contributed by atoms with van der Waals surface area (Å²) in [6.07, 6.45) is 1.15. The molecule has 0 aliphatic heterocycles. The molecule has 2 aromatic rings. The predicted octanol–water partition coefficient (Wildman–Crippen LogP) is 1.56. The molecule has 0 saturated heterocycles. The van der Waals surface area contributed by atoms with Crippen LogP contribution in [0, 0.1) is 0 Å². The molecule has 0 atom stereocenters. The molecule has 1 aromatic heterocycles.